The monoisotopic (exact) mass is 1510 g/mol. The van der Waals surface area contributed by atoms with Crippen LogP contribution in [0.5, 0.6) is 0 Å². The fourth-order valence-corrected chi connectivity index (χ4v) is 16.7. The molecule has 0 bridgehead atoms. The molecule has 9 aromatic carbocycles. The summed E-state index contributed by atoms with van der Waals surface area (Å²) >= 11 is 0. The van der Waals surface area contributed by atoms with E-state index >= 15 is 0 Å². The van der Waals surface area contributed by atoms with Crippen molar-refractivity contribution in [2.75, 3.05) is 14.7 Å². The van der Waals surface area contributed by atoms with Crippen LogP contribution in [0.1, 0.15) is 182 Å². The molecule has 16 rings (SSSR count). The van der Waals surface area contributed by atoms with Gasteiger partial charge in [0.1, 0.15) is 0 Å². The predicted octanol–water partition coefficient (Wildman–Crippen LogP) is 19.5. The lowest BCUT2D eigenvalue weighted by Crippen LogP contribution is -2.42. The minimum Gasteiger partial charge on any atom is -0.478 e. The molecule has 15 nitrogen and oxygen atoms in total. The lowest BCUT2D eigenvalue weighted by atomic mass is 9.83. The molecule has 113 heavy (non-hydrogen) atoms. The molecule has 1 aliphatic carbocycles. The Bertz CT molecular complexity index is 5650. The van der Waals surface area contributed by atoms with E-state index in [0.29, 0.717) is 29.5 Å². The number of nitrogens with one attached hydrogen (secondary N) is 2. The molecule has 1 saturated carbocycles. The number of carboxylic acids is 3. The molecule has 5 N–H and O–H groups in total. The van der Waals surface area contributed by atoms with E-state index in [2.05, 4.69) is 242 Å². The number of carboxylic acid groups (broad SMARTS) is 3. The highest BCUT2D eigenvalue weighted by Gasteiger charge is 2.38. The van der Waals surface area contributed by atoms with Crippen LogP contribution in [-0.2, 0) is 67.1 Å². The number of hydrogen-bond acceptors (Lipinski definition) is 7. The largest absolute Gasteiger partial charge is 0.478 e. The van der Waals surface area contributed by atoms with Gasteiger partial charge in [0.25, 0.3) is 0 Å². The van der Waals surface area contributed by atoms with Crippen molar-refractivity contribution in [2.45, 2.75) is 148 Å². The Morgan fingerprint density at radius 1 is 0.496 bits per heavy atom. The van der Waals surface area contributed by atoms with Crippen LogP contribution in [0.25, 0.3) is 51.6 Å². The van der Waals surface area contributed by atoms with Crippen molar-refractivity contribution in [1.29, 1.82) is 0 Å². The van der Waals surface area contributed by atoms with Gasteiger partial charge in [-0.25, -0.2) is 14.4 Å². The zero-order valence-electron chi connectivity index (χ0n) is 70.5. The maximum atomic E-state index is 11.0. The summed E-state index contributed by atoms with van der Waals surface area (Å²) in [6, 6.07) is 72.2. The van der Waals surface area contributed by atoms with Gasteiger partial charge in [-0.15, -0.1) is 9.36 Å². The number of aryl methyl sites for hydroxylation is 4. The Balaban J connectivity index is 0.000000146. The van der Waals surface area contributed by atoms with Crippen molar-refractivity contribution >= 4 is 53.2 Å². The molecule has 0 saturated heterocycles. The van der Waals surface area contributed by atoms with E-state index < -0.39 is 31.3 Å². The third kappa shape index (κ3) is 18.2. The number of anilines is 3. The van der Waals surface area contributed by atoms with Gasteiger partial charge < -0.3 is 30.0 Å². The molecule has 12 aromatic rings. The summed E-state index contributed by atoms with van der Waals surface area (Å²) in [4.78, 5) is 40.5. The highest BCUT2D eigenvalue weighted by atomic mass is 16.4. The molecule has 3 aromatic heterocycles. The number of benzene rings is 9. The maximum absolute atomic E-state index is 11.0. The van der Waals surface area contributed by atoms with E-state index in [4.69, 9.17) is 22.2 Å². The molecule has 6 heterocycles. The molecule has 15 heteroatoms. The number of hydrogen-bond donors (Lipinski definition) is 5. The minimum atomic E-state index is -2.85. The predicted molar refractivity (Wildman–Crippen MR) is 454 cm³/mol. The Kier molecular flexibility index (Phi) is 21.7. The third-order valence-electron chi connectivity index (χ3n) is 22.2. The molecule has 6 atom stereocenters. The fraction of sp³-hybridized carbons (Fsp3) is 0.265. The van der Waals surface area contributed by atoms with Gasteiger partial charge in [0, 0.05) is 75.8 Å². The number of aliphatic carboxylic acids is 3. The summed E-state index contributed by atoms with van der Waals surface area (Å²) in [5, 5.41) is 37.5. The zero-order chi connectivity index (χ0) is 83.3. The number of aromatic amines is 2. The molecule has 4 unspecified atom stereocenters. The first-order valence-corrected chi connectivity index (χ1v) is 39.3. The summed E-state index contributed by atoms with van der Waals surface area (Å²) in [5.74, 6) is -1.57. The van der Waals surface area contributed by atoms with Gasteiger partial charge in [0.2, 0.25) is 12.4 Å². The summed E-state index contributed by atoms with van der Waals surface area (Å²) < 4.78 is 43.7. The second-order valence-corrected chi connectivity index (χ2v) is 31.1. The van der Waals surface area contributed by atoms with Gasteiger partial charge in [-0.1, -0.05) is 191 Å². The highest BCUT2D eigenvalue weighted by Crippen LogP contribution is 2.48. The van der Waals surface area contributed by atoms with E-state index in [1.165, 1.54) is 121 Å². The van der Waals surface area contributed by atoms with Crippen LogP contribution in [0, 0.1) is 5.92 Å². The molecule has 0 spiro atoms. The molecule has 574 valence electrons. The summed E-state index contributed by atoms with van der Waals surface area (Å²) in [5.41, 5.74) is 27.7. The first-order chi connectivity index (χ1) is 56.6. The van der Waals surface area contributed by atoms with Gasteiger partial charge in [-0.05, 0) is 239 Å². The average Bonchev–Trinajstić information content (AvgIpc) is 0.868. The van der Waals surface area contributed by atoms with Crippen LogP contribution in [0.3, 0.4) is 0 Å². The Hall–Kier alpha value is -12.4. The summed E-state index contributed by atoms with van der Waals surface area (Å²) in [7, 11) is 4.00. The van der Waals surface area contributed by atoms with Gasteiger partial charge in [0.15, 0.2) is 14.1 Å². The highest BCUT2D eigenvalue weighted by molar-refractivity contribution is 5.86. The second-order valence-electron chi connectivity index (χ2n) is 31.1. The third-order valence-corrected chi connectivity index (χ3v) is 22.2. The van der Waals surface area contributed by atoms with Crippen molar-refractivity contribution in [1.82, 2.24) is 20.0 Å². The second kappa shape index (κ2) is 34.5. The normalized spacial score (nSPS) is 18.7. The molecule has 0 radical (unpaired) electrons. The Morgan fingerprint density at radius 3 is 1.19 bits per heavy atom. The smallest absolute Gasteiger partial charge is 0.328 e. The van der Waals surface area contributed by atoms with E-state index in [9.17, 15) is 14.4 Å². The number of H-pyrrole nitrogens is 2. The molecule has 4 aliphatic rings. The fourth-order valence-electron chi connectivity index (χ4n) is 16.7. The molecular weight excluding hydrogens is 1400 g/mol. The van der Waals surface area contributed by atoms with Crippen molar-refractivity contribution < 1.29 is 45.9 Å². The number of carbonyl (C=O) groups is 3. The Morgan fingerprint density at radius 2 is 0.858 bits per heavy atom. The SMILES string of the molecule is CC(C)Cc1ccc(N2C(C)Cc3cc(-c4c[nH][n+](C)c4)ccc3C2c2ccc(/C=C/C(=O)O)cc2)cc1.CCCc1ccc(N2C(C)Cc3cc(-c4c[nH][n+](C)c4)ccc3C2c2ccc(/C=C/C(=O)O)cc2)cc1.[2H]C([2H])([2H])C([2H])([2H])n1cc(-c2ccc3c(c2)C[C@@H](C)N(c2ccc(C4CC4)cc2)[C@@H]3c2ccc(/C=C/C(=O)O)cc2)cn1. The number of fused-ring (bicyclic) bond motifs is 3. The lowest BCUT2D eigenvalue weighted by molar-refractivity contribution is -0.726. The van der Waals surface area contributed by atoms with E-state index in [1.807, 2.05) is 78.3 Å². The van der Waals surface area contributed by atoms with Gasteiger partial charge in [0.05, 0.1) is 50.6 Å². The van der Waals surface area contributed by atoms with Crippen molar-refractivity contribution in [3.05, 3.63) is 339 Å². The van der Waals surface area contributed by atoms with Crippen LogP contribution in [0.2, 0.25) is 0 Å². The number of rotatable bonds is 21. The standard InChI is InChI=1S/C33H33N3O2.C33H35N3O2.C32H33N3O2/c1-3-35-21-29(20-34-35)27-13-16-31-28(19-27)18-22(2)36(30-14-11-25(12-15-30)24-9-10-24)33(31)26-7-4-23(5-8-26)6-17-32(37)38;1-22(2)17-25-7-13-30(14-8-25)36-23(3)18-28-19-27(29-20-34-35(4)21-29)12-15-31(28)33(36)26-10-5-24(6-11-26)9-16-32(37)38;1-4-5-23-8-14-29(15-9-23)35-22(2)18-27-19-26(28-20-33-34(3)21-28)13-16-30(27)32(35)25-11-6-24(7-12-25)10-17-31(36)37/h4-8,11-17,19-22,24,33H,3,9-10,18H2,1-2H3,(H,37,38);5-16,19-23,33H,17-18H2,1-4H3,(H,37,38);6-17,19-22,32H,4-5,18H2,1-3H3,(H,36,37)/p+2/b17-6+;16-9+;17-10+/t22-,33-;;/m1../s1/i1D3,3D2;;. The molecule has 1 fully saturated rings. The van der Waals surface area contributed by atoms with Gasteiger partial charge >= 0.3 is 17.9 Å². The van der Waals surface area contributed by atoms with Crippen molar-refractivity contribution in [3.63, 3.8) is 0 Å². The number of nitrogens with zero attached hydrogens (tertiary/aromatic N) is 7. The first-order valence-electron chi connectivity index (χ1n) is 41.8. The lowest BCUT2D eigenvalue weighted by Gasteiger charge is -2.44. The number of aromatic nitrogens is 6. The van der Waals surface area contributed by atoms with Crippen LogP contribution in [-0.4, -0.2) is 71.3 Å². The van der Waals surface area contributed by atoms with Crippen molar-refractivity contribution in [3.8, 4) is 33.4 Å². The Labute approximate surface area is 671 Å². The minimum absolute atomic E-state index is 0.0542. The summed E-state index contributed by atoms with van der Waals surface area (Å²) in [6.45, 7) is 8.08. The van der Waals surface area contributed by atoms with E-state index in [-0.39, 0.29) is 24.2 Å². The van der Waals surface area contributed by atoms with Crippen LogP contribution < -0.4 is 24.1 Å². The topological polar surface area (TPSA) is 179 Å². The van der Waals surface area contributed by atoms with Crippen LogP contribution in [0.4, 0.5) is 17.1 Å². The van der Waals surface area contributed by atoms with Gasteiger partial charge in [-0.3, -0.25) is 4.68 Å². The van der Waals surface area contributed by atoms with Crippen molar-refractivity contribution in [2.24, 2.45) is 20.0 Å². The van der Waals surface area contributed by atoms with Crippen LogP contribution >= 0.6 is 0 Å². The average molecular weight is 1510 g/mol. The maximum Gasteiger partial charge on any atom is 0.328 e. The first kappa shape index (κ1) is 71.0. The molecular formula is C98H103N9O6+2. The molecule has 0 amide bonds. The van der Waals surface area contributed by atoms with Gasteiger partial charge in [-0.2, -0.15) is 15.3 Å². The zero-order valence-corrected chi connectivity index (χ0v) is 65.5. The molecule has 3 aliphatic heterocycles. The summed E-state index contributed by atoms with van der Waals surface area (Å²) in [6.07, 6.45) is 28.1. The van der Waals surface area contributed by atoms with E-state index in [0.717, 1.165) is 93.9 Å². The quantitative estimate of drug-likeness (QED) is 0.0343. The van der Waals surface area contributed by atoms with Crippen LogP contribution in [0.15, 0.2) is 256 Å². The van der Waals surface area contributed by atoms with E-state index in [1.54, 1.807) is 18.2 Å².